The van der Waals surface area contributed by atoms with Crippen LogP contribution in [0.3, 0.4) is 0 Å². The Morgan fingerprint density at radius 2 is 1.56 bits per heavy atom. The molecule has 1 unspecified atom stereocenters. The maximum Gasteiger partial charge on any atom is 0.119 e. The van der Waals surface area contributed by atoms with E-state index in [-0.39, 0.29) is 5.38 Å². The Morgan fingerprint density at radius 3 is 2.00 bits per heavy atom. The molecule has 0 heterocycles. The quantitative estimate of drug-likeness (QED) is 0.559. The Morgan fingerprint density at radius 1 is 1.00 bits per heavy atom. The molecule has 2 heteroatoms. The Labute approximate surface area is 116 Å². The van der Waals surface area contributed by atoms with Gasteiger partial charge in [0, 0.05) is 0 Å². The number of hydrogen-bond acceptors (Lipinski definition) is 1. The molecular formula is C16H25ClO. The minimum absolute atomic E-state index is 0.126. The van der Waals surface area contributed by atoms with E-state index >= 15 is 0 Å². The zero-order valence-electron chi connectivity index (χ0n) is 11.8. The number of halogens is 1. The summed E-state index contributed by atoms with van der Waals surface area (Å²) in [5, 5.41) is 0.126. The lowest BCUT2D eigenvalue weighted by Gasteiger charge is -2.22. The topological polar surface area (TPSA) is 9.23 Å². The molecule has 0 bridgehead atoms. The first kappa shape index (κ1) is 15.4. The van der Waals surface area contributed by atoms with Gasteiger partial charge in [-0.05, 0) is 43.4 Å². The van der Waals surface area contributed by atoms with Crippen molar-refractivity contribution in [3.63, 3.8) is 0 Å². The lowest BCUT2D eigenvalue weighted by atomic mass is 9.90. The van der Waals surface area contributed by atoms with E-state index in [1.807, 2.05) is 19.1 Å². The molecule has 1 atom stereocenters. The van der Waals surface area contributed by atoms with Crippen LogP contribution in [0.5, 0.6) is 5.75 Å². The second-order valence-electron chi connectivity index (χ2n) is 4.74. The van der Waals surface area contributed by atoms with Gasteiger partial charge in [-0.2, -0.15) is 0 Å². The molecule has 0 saturated carbocycles. The molecule has 1 rings (SSSR count). The summed E-state index contributed by atoms with van der Waals surface area (Å²) in [6.07, 6.45) is 4.81. The van der Waals surface area contributed by atoms with E-state index in [9.17, 15) is 0 Å². The summed E-state index contributed by atoms with van der Waals surface area (Å²) in [7, 11) is 0. The molecule has 0 saturated heterocycles. The molecule has 0 fully saturated rings. The Balaban J connectivity index is 2.70. The molecule has 0 N–H and O–H groups in total. The number of ether oxygens (including phenoxy) is 1. The van der Waals surface area contributed by atoms with Crippen molar-refractivity contribution in [3.05, 3.63) is 29.8 Å². The molecule has 0 amide bonds. The first-order chi connectivity index (χ1) is 8.72. The van der Waals surface area contributed by atoms with Gasteiger partial charge in [-0.1, -0.05) is 38.8 Å². The van der Waals surface area contributed by atoms with Crippen molar-refractivity contribution in [2.45, 2.75) is 51.8 Å². The van der Waals surface area contributed by atoms with Gasteiger partial charge in [-0.3, -0.25) is 0 Å². The molecular weight excluding hydrogens is 244 g/mol. The highest BCUT2D eigenvalue weighted by Crippen LogP contribution is 2.35. The number of benzene rings is 1. The van der Waals surface area contributed by atoms with Gasteiger partial charge in [0.05, 0.1) is 12.0 Å². The highest BCUT2D eigenvalue weighted by atomic mass is 35.5. The summed E-state index contributed by atoms with van der Waals surface area (Å²) in [4.78, 5) is 0. The van der Waals surface area contributed by atoms with Crippen LogP contribution in [0, 0.1) is 5.92 Å². The minimum atomic E-state index is 0.126. The van der Waals surface area contributed by atoms with Crippen LogP contribution in [0.25, 0.3) is 0 Å². The van der Waals surface area contributed by atoms with Crippen molar-refractivity contribution < 1.29 is 4.74 Å². The number of alkyl halides is 1. The van der Waals surface area contributed by atoms with Crippen LogP contribution in [-0.4, -0.2) is 6.61 Å². The molecule has 102 valence electrons. The number of rotatable bonds is 8. The molecule has 0 aliphatic heterocycles. The fraction of sp³-hybridized carbons (Fsp3) is 0.625. The third-order valence-corrected chi connectivity index (χ3v) is 3.85. The Bertz CT molecular complexity index is 314. The summed E-state index contributed by atoms with van der Waals surface area (Å²) in [5.74, 6) is 1.51. The average Bonchev–Trinajstić information content (AvgIpc) is 2.39. The van der Waals surface area contributed by atoms with Gasteiger partial charge in [0.1, 0.15) is 5.75 Å². The molecule has 0 spiro atoms. The van der Waals surface area contributed by atoms with Gasteiger partial charge >= 0.3 is 0 Å². The predicted molar refractivity (Wildman–Crippen MR) is 79.5 cm³/mol. The van der Waals surface area contributed by atoms with Crippen LogP contribution >= 0.6 is 11.6 Å². The van der Waals surface area contributed by atoms with Gasteiger partial charge in [0.15, 0.2) is 0 Å². The van der Waals surface area contributed by atoms with Crippen molar-refractivity contribution in [2.75, 3.05) is 6.61 Å². The van der Waals surface area contributed by atoms with Crippen LogP contribution < -0.4 is 4.74 Å². The maximum absolute atomic E-state index is 6.62. The summed E-state index contributed by atoms with van der Waals surface area (Å²) in [6.45, 7) is 7.16. The predicted octanol–water partition coefficient (Wildman–Crippen LogP) is 5.58. The van der Waals surface area contributed by atoms with Crippen molar-refractivity contribution in [1.82, 2.24) is 0 Å². The third kappa shape index (κ3) is 4.53. The lowest BCUT2D eigenvalue weighted by Crippen LogP contribution is -2.08. The van der Waals surface area contributed by atoms with Crippen LogP contribution in [0.15, 0.2) is 24.3 Å². The first-order valence-corrected chi connectivity index (χ1v) is 7.53. The van der Waals surface area contributed by atoms with Gasteiger partial charge in [0.25, 0.3) is 0 Å². The summed E-state index contributed by atoms with van der Waals surface area (Å²) in [6, 6.07) is 8.23. The maximum atomic E-state index is 6.62. The molecule has 0 radical (unpaired) electrons. The summed E-state index contributed by atoms with van der Waals surface area (Å²) >= 11 is 6.62. The van der Waals surface area contributed by atoms with Crippen molar-refractivity contribution >= 4 is 11.6 Å². The van der Waals surface area contributed by atoms with Gasteiger partial charge in [-0.25, -0.2) is 0 Å². The number of hydrogen-bond donors (Lipinski definition) is 0. The average molecular weight is 269 g/mol. The van der Waals surface area contributed by atoms with Crippen molar-refractivity contribution in [1.29, 1.82) is 0 Å². The fourth-order valence-electron chi connectivity index (χ4n) is 2.37. The fourth-order valence-corrected chi connectivity index (χ4v) is 2.76. The first-order valence-electron chi connectivity index (χ1n) is 7.09. The highest BCUT2D eigenvalue weighted by Gasteiger charge is 2.19. The van der Waals surface area contributed by atoms with E-state index in [1.165, 1.54) is 31.2 Å². The van der Waals surface area contributed by atoms with Crippen LogP contribution in [-0.2, 0) is 0 Å². The van der Waals surface area contributed by atoms with Crippen LogP contribution in [0.4, 0.5) is 0 Å². The second-order valence-corrected chi connectivity index (χ2v) is 5.21. The zero-order chi connectivity index (χ0) is 13.4. The molecule has 0 aliphatic carbocycles. The zero-order valence-corrected chi connectivity index (χ0v) is 12.5. The highest BCUT2D eigenvalue weighted by molar-refractivity contribution is 6.21. The van der Waals surface area contributed by atoms with Crippen molar-refractivity contribution in [2.24, 2.45) is 5.92 Å². The minimum Gasteiger partial charge on any atom is -0.494 e. The van der Waals surface area contributed by atoms with E-state index in [2.05, 4.69) is 26.0 Å². The summed E-state index contributed by atoms with van der Waals surface area (Å²) < 4.78 is 5.45. The smallest absolute Gasteiger partial charge is 0.119 e. The van der Waals surface area contributed by atoms with Gasteiger partial charge in [0.2, 0.25) is 0 Å². The van der Waals surface area contributed by atoms with E-state index < -0.39 is 0 Å². The monoisotopic (exact) mass is 268 g/mol. The van der Waals surface area contributed by atoms with E-state index in [0.29, 0.717) is 12.5 Å². The van der Waals surface area contributed by atoms with Gasteiger partial charge < -0.3 is 4.74 Å². The lowest BCUT2D eigenvalue weighted by molar-refractivity contribution is 0.340. The molecule has 1 nitrogen and oxygen atoms in total. The van der Waals surface area contributed by atoms with Gasteiger partial charge in [-0.15, -0.1) is 11.6 Å². The molecule has 18 heavy (non-hydrogen) atoms. The molecule has 1 aromatic carbocycles. The third-order valence-electron chi connectivity index (χ3n) is 3.24. The largest absolute Gasteiger partial charge is 0.494 e. The van der Waals surface area contributed by atoms with E-state index in [0.717, 1.165) is 5.75 Å². The van der Waals surface area contributed by atoms with Crippen molar-refractivity contribution in [3.8, 4) is 5.75 Å². The van der Waals surface area contributed by atoms with E-state index in [4.69, 9.17) is 16.3 Å². The Kier molecular flexibility index (Phi) is 7.19. The van der Waals surface area contributed by atoms with Crippen LogP contribution in [0.1, 0.15) is 57.4 Å². The molecule has 0 aromatic heterocycles. The SMILES string of the molecule is CCCC(CCC)C(Cl)c1ccc(OCC)cc1. The van der Waals surface area contributed by atoms with E-state index in [1.54, 1.807) is 0 Å². The standard InChI is InChI=1S/C16H25ClO/c1-4-7-13(8-5-2)16(17)14-9-11-15(12-10-14)18-6-3/h9-13,16H,4-8H2,1-3H3. The Hall–Kier alpha value is -0.690. The van der Waals surface area contributed by atoms with Crippen LogP contribution in [0.2, 0.25) is 0 Å². The molecule has 1 aromatic rings. The molecule has 0 aliphatic rings. The summed E-state index contributed by atoms with van der Waals surface area (Å²) in [5.41, 5.74) is 1.21. The normalized spacial score (nSPS) is 12.7. The second kappa shape index (κ2) is 8.42.